The minimum absolute atomic E-state index is 0.0893. The monoisotopic (exact) mass is 354 g/mol. The second-order valence-electron chi connectivity index (χ2n) is 6.34. The van der Waals surface area contributed by atoms with Crippen LogP contribution in [-0.4, -0.2) is 59.0 Å². The van der Waals surface area contributed by atoms with Crippen LogP contribution in [0.25, 0.3) is 11.5 Å². The molecule has 26 heavy (non-hydrogen) atoms. The number of likely N-dealkylation sites (tertiary alicyclic amines) is 1. The van der Waals surface area contributed by atoms with Crippen LogP contribution < -0.4 is 0 Å². The summed E-state index contributed by atoms with van der Waals surface area (Å²) in [7, 11) is 1.74. The molecule has 1 saturated heterocycles. The van der Waals surface area contributed by atoms with Crippen LogP contribution in [0.3, 0.4) is 0 Å². The van der Waals surface area contributed by atoms with Crippen LogP contribution in [0.4, 0.5) is 0 Å². The van der Waals surface area contributed by atoms with Crippen molar-refractivity contribution in [3.63, 3.8) is 0 Å². The number of aryl methyl sites for hydroxylation is 1. The van der Waals surface area contributed by atoms with Crippen LogP contribution >= 0.6 is 0 Å². The molecule has 10 heteroatoms. The zero-order valence-electron chi connectivity index (χ0n) is 14.3. The molecular weight excluding hydrogens is 336 g/mol. The molecule has 4 heterocycles. The summed E-state index contributed by atoms with van der Waals surface area (Å²) in [4.78, 5) is 26.9. The zero-order valence-corrected chi connectivity index (χ0v) is 14.3. The molecule has 0 aliphatic carbocycles. The summed E-state index contributed by atoms with van der Waals surface area (Å²) in [5.41, 5.74) is 0.946. The Balaban J connectivity index is 1.41. The third-order valence-electron chi connectivity index (χ3n) is 4.35. The van der Waals surface area contributed by atoms with Crippen LogP contribution in [0.15, 0.2) is 29.3 Å². The van der Waals surface area contributed by atoms with Gasteiger partial charge in [-0.05, 0) is 18.8 Å². The van der Waals surface area contributed by atoms with E-state index in [2.05, 4.69) is 30.4 Å². The summed E-state index contributed by atoms with van der Waals surface area (Å²) in [6.07, 6.45) is 8.97. The lowest BCUT2D eigenvalue weighted by atomic mass is 9.94. The number of hydrogen-bond donors (Lipinski definition) is 0. The van der Waals surface area contributed by atoms with Gasteiger partial charge in [0.15, 0.2) is 5.69 Å². The number of rotatable bonds is 4. The first-order valence-corrected chi connectivity index (χ1v) is 8.43. The number of carbonyl (C=O) groups excluding carboxylic acids is 1. The van der Waals surface area contributed by atoms with Gasteiger partial charge in [0.25, 0.3) is 5.91 Å². The van der Waals surface area contributed by atoms with E-state index >= 15 is 0 Å². The molecule has 1 unspecified atom stereocenters. The molecule has 3 aromatic heterocycles. The van der Waals surface area contributed by atoms with Gasteiger partial charge in [-0.1, -0.05) is 10.4 Å². The van der Waals surface area contributed by atoms with Crippen molar-refractivity contribution in [2.75, 3.05) is 13.1 Å². The topological polar surface area (TPSA) is 116 Å². The van der Waals surface area contributed by atoms with Gasteiger partial charge in [0, 0.05) is 39.0 Å². The van der Waals surface area contributed by atoms with Gasteiger partial charge in [-0.25, -0.2) is 4.98 Å². The van der Waals surface area contributed by atoms with Crippen molar-refractivity contribution in [3.05, 3.63) is 36.4 Å². The molecule has 134 valence electrons. The minimum Gasteiger partial charge on any atom is -0.339 e. The van der Waals surface area contributed by atoms with E-state index in [-0.39, 0.29) is 11.8 Å². The van der Waals surface area contributed by atoms with E-state index in [0.29, 0.717) is 36.1 Å². The third kappa shape index (κ3) is 3.44. The molecular formula is C16H18N8O2. The SMILES string of the molecule is Cn1cc(C(=O)N2CCCC(Cc3nc(-c4cnccn4)no3)C2)nn1. The first-order valence-electron chi connectivity index (χ1n) is 8.43. The fourth-order valence-electron chi connectivity index (χ4n) is 3.13. The molecule has 0 saturated carbocycles. The molecule has 0 aromatic carbocycles. The van der Waals surface area contributed by atoms with Crippen molar-refractivity contribution in [2.24, 2.45) is 13.0 Å². The van der Waals surface area contributed by atoms with Crippen molar-refractivity contribution < 1.29 is 9.32 Å². The highest BCUT2D eigenvalue weighted by Crippen LogP contribution is 2.22. The van der Waals surface area contributed by atoms with Crippen molar-refractivity contribution in [1.82, 2.24) is 40.0 Å². The molecule has 1 aliphatic rings. The number of hydrogen-bond acceptors (Lipinski definition) is 8. The van der Waals surface area contributed by atoms with E-state index in [1.54, 1.807) is 31.8 Å². The van der Waals surface area contributed by atoms with Crippen LogP contribution in [0.2, 0.25) is 0 Å². The quantitative estimate of drug-likeness (QED) is 0.674. The van der Waals surface area contributed by atoms with E-state index in [1.165, 1.54) is 4.68 Å². The minimum atomic E-state index is -0.0893. The molecule has 0 radical (unpaired) electrons. The van der Waals surface area contributed by atoms with E-state index in [0.717, 1.165) is 19.4 Å². The predicted octanol–water partition coefficient (Wildman–Crippen LogP) is 0.750. The van der Waals surface area contributed by atoms with Crippen molar-refractivity contribution in [3.8, 4) is 11.5 Å². The van der Waals surface area contributed by atoms with E-state index in [1.807, 2.05) is 4.90 Å². The Bertz CT molecular complexity index is 891. The van der Waals surface area contributed by atoms with E-state index in [9.17, 15) is 4.79 Å². The summed E-state index contributed by atoms with van der Waals surface area (Å²) in [5, 5.41) is 11.7. The lowest BCUT2D eigenvalue weighted by Crippen LogP contribution is -2.40. The summed E-state index contributed by atoms with van der Waals surface area (Å²) in [5.74, 6) is 1.15. The number of carbonyl (C=O) groups is 1. The fourth-order valence-corrected chi connectivity index (χ4v) is 3.13. The zero-order chi connectivity index (χ0) is 17.9. The Morgan fingerprint density at radius 2 is 2.31 bits per heavy atom. The third-order valence-corrected chi connectivity index (χ3v) is 4.35. The summed E-state index contributed by atoms with van der Waals surface area (Å²) in [6, 6.07) is 0. The Morgan fingerprint density at radius 3 is 3.08 bits per heavy atom. The predicted molar refractivity (Wildman–Crippen MR) is 88.7 cm³/mol. The molecule has 1 atom stereocenters. The average Bonchev–Trinajstić information content (AvgIpc) is 3.31. The molecule has 0 N–H and O–H groups in total. The van der Waals surface area contributed by atoms with E-state index < -0.39 is 0 Å². The average molecular weight is 354 g/mol. The number of nitrogens with zero attached hydrogens (tertiary/aromatic N) is 8. The molecule has 4 rings (SSSR count). The summed E-state index contributed by atoms with van der Waals surface area (Å²) >= 11 is 0. The second-order valence-corrected chi connectivity index (χ2v) is 6.34. The van der Waals surface area contributed by atoms with Gasteiger partial charge in [0.2, 0.25) is 11.7 Å². The normalized spacial score (nSPS) is 17.4. The maximum atomic E-state index is 12.5. The molecule has 0 spiro atoms. The van der Waals surface area contributed by atoms with Gasteiger partial charge >= 0.3 is 0 Å². The summed E-state index contributed by atoms with van der Waals surface area (Å²) in [6.45, 7) is 1.36. The molecule has 3 aromatic rings. The number of amides is 1. The Morgan fingerprint density at radius 1 is 1.38 bits per heavy atom. The lowest BCUT2D eigenvalue weighted by molar-refractivity contribution is 0.0662. The van der Waals surface area contributed by atoms with E-state index in [4.69, 9.17) is 4.52 Å². The summed E-state index contributed by atoms with van der Waals surface area (Å²) < 4.78 is 6.88. The highest BCUT2D eigenvalue weighted by Gasteiger charge is 2.27. The Hall–Kier alpha value is -3.17. The molecule has 10 nitrogen and oxygen atoms in total. The van der Waals surface area contributed by atoms with Gasteiger partial charge in [0.1, 0.15) is 5.69 Å². The van der Waals surface area contributed by atoms with Crippen LogP contribution in [-0.2, 0) is 13.5 Å². The molecule has 1 amide bonds. The largest absolute Gasteiger partial charge is 0.339 e. The maximum Gasteiger partial charge on any atom is 0.276 e. The maximum absolute atomic E-state index is 12.5. The van der Waals surface area contributed by atoms with Gasteiger partial charge < -0.3 is 9.42 Å². The van der Waals surface area contributed by atoms with Gasteiger partial charge in [0.05, 0.1) is 12.4 Å². The first-order chi connectivity index (χ1) is 12.7. The standard InChI is InChI=1S/C16H18N8O2/c1-23-10-13(20-22-23)16(25)24-6-2-3-11(9-24)7-14-19-15(21-26-14)12-8-17-4-5-18-12/h4-5,8,10-11H,2-3,6-7,9H2,1H3. The fraction of sp³-hybridized carbons (Fsp3) is 0.438. The smallest absolute Gasteiger partial charge is 0.276 e. The highest BCUT2D eigenvalue weighted by molar-refractivity contribution is 5.92. The van der Waals surface area contributed by atoms with Crippen molar-refractivity contribution in [2.45, 2.75) is 19.3 Å². The van der Waals surface area contributed by atoms with Crippen molar-refractivity contribution >= 4 is 5.91 Å². The Labute approximate surface area is 149 Å². The van der Waals surface area contributed by atoms with Crippen LogP contribution in [0.1, 0.15) is 29.2 Å². The second kappa shape index (κ2) is 6.98. The highest BCUT2D eigenvalue weighted by atomic mass is 16.5. The van der Waals surface area contributed by atoms with Gasteiger partial charge in [-0.15, -0.1) is 5.10 Å². The number of piperidine rings is 1. The molecule has 1 aliphatic heterocycles. The molecule has 0 bridgehead atoms. The van der Waals surface area contributed by atoms with Gasteiger partial charge in [-0.3, -0.25) is 14.5 Å². The Kier molecular flexibility index (Phi) is 4.38. The molecule has 1 fully saturated rings. The lowest BCUT2D eigenvalue weighted by Gasteiger charge is -2.31. The van der Waals surface area contributed by atoms with Gasteiger partial charge in [-0.2, -0.15) is 4.98 Å². The number of aromatic nitrogens is 7. The van der Waals surface area contributed by atoms with Crippen LogP contribution in [0.5, 0.6) is 0 Å². The first kappa shape index (κ1) is 16.3. The van der Waals surface area contributed by atoms with Crippen LogP contribution in [0, 0.1) is 5.92 Å². The van der Waals surface area contributed by atoms with Crippen molar-refractivity contribution in [1.29, 1.82) is 0 Å².